The van der Waals surface area contributed by atoms with Gasteiger partial charge in [-0.1, -0.05) is 0 Å². The molecular formula is C12H21N3O2. The van der Waals surface area contributed by atoms with E-state index in [9.17, 15) is 5.11 Å². The summed E-state index contributed by atoms with van der Waals surface area (Å²) in [5.41, 5.74) is 1.03. The van der Waals surface area contributed by atoms with E-state index in [1.165, 1.54) is 0 Å². The summed E-state index contributed by atoms with van der Waals surface area (Å²) in [6.45, 7) is 2.79. The summed E-state index contributed by atoms with van der Waals surface area (Å²) in [5, 5.41) is 16.2. The van der Waals surface area contributed by atoms with E-state index in [0.29, 0.717) is 19.6 Å². The maximum atomic E-state index is 10.1. The van der Waals surface area contributed by atoms with E-state index in [1.807, 2.05) is 13.1 Å². The molecule has 1 aromatic heterocycles. The molecule has 5 heteroatoms. The summed E-state index contributed by atoms with van der Waals surface area (Å²) < 4.78 is 4.96. The molecular weight excluding hydrogens is 218 g/mol. The first-order chi connectivity index (χ1) is 8.07. The lowest BCUT2D eigenvalue weighted by atomic mass is 10.0. The van der Waals surface area contributed by atoms with Crippen LogP contribution in [0.15, 0.2) is 18.5 Å². The van der Waals surface area contributed by atoms with Gasteiger partial charge in [-0.15, -0.1) is 0 Å². The van der Waals surface area contributed by atoms with Crippen LogP contribution in [0.3, 0.4) is 0 Å². The van der Waals surface area contributed by atoms with Gasteiger partial charge in [-0.05, 0) is 13.0 Å². The van der Waals surface area contributed by atoms with Crippen LogP contribution in [0.4, 0.5) is 11.4 Å². The van der Waals surface area contributed by atoms with Gasteiger partial charge in [0.1, 0.15) is 0 Å². The zero-order valence-electron chi connectivity index (χ0n) is 10.7. The largest absolute Gasteiger partial charge is 0.388 e. The molecule has 0 bridgehead atoms. The summed E-state index contributed by atoms with van der Waals surface area (Å²) in [6, 6.07) is 1.94. The standard InChI is InChI=1S/C12H21N3O2/c1-12(16,4-5-17-3)9-15-11-6-10(13-2)7-14-8-11/h6-8,13,15-16H,4-5,9H2,1-3H3. The highest BCUT2D eigenvalue weighted by Crippen LogP contribution is 2.15. The Morgan fingerprint density at radius 2 is 2.12 bits per heavy atom. The van der Waals surface area contributed by atoms with E-state index in [4.69, 9.17) is 4.74 Å². The van der Waals surface area contributed by atoms with E-state index in [-0.39, 0.29) is 0 Å². The number of methoxy groups -OCH3 is 1. The van der Waals surface area contributed by atoms with Crippen molar-refractivity contribution in [3.8, 4) is 0 Å². The Balaban J connectivity index is 2.48. The molecule has 17 heavy (non-hydrogen) atoms. The van der Waals surface area contributed by atoms with E-state index in [1.54, 1.807) is 26.4 Å². The first-order valence-electron chi connectivity index (χ1n) is 5.65. The SMILES string of the molecule is CNc1cncc(NCC(C)(O)CCOC)c1. The smallest absolute Gasteiger partial charge is 0.0813 e. The van der Waals surface area contributed by atoms with Crippen LogP contribution in [0.1, 0.15) is 13.3 Å². The van der Waals surface area contributed by atoms with Gasteiger partial charge >= 0.3 is 0 Å². The molecule has 0 radical (unpaired) electrons. The number of anilines is 2. The monoisotopic (exact) mass is 239 g/mol. The average molecular weight is 239 g/mol. The molecule has 0 saturated carbocycles. The molecule has 0 aliphatic rings. The van der Waals surface area contributed by atoms with E-state index < -0.39 is 5.60 Å². The fraction of sp³-hybridized carbons (Fsp3) is 0.583. The Kier molecular flexibility index (Phi) is 5.18. The highest BCUT2D eigenvalue weighted by Gasteiger charge is 2.19. The molecule has 1 heterocycles. The summed E-state index contributed by atoms with van der Waals surface area (Å²) in [5.74, 6) is 0. The molecule has 0 amide bonds. The molecule has 0 aliphatic carbocycles. The topological polar surface area (TPSA) is 66.4 Å². The van der Waals surface area contributed by atoms with Gasteiger partial charge in [0.2, 0.25) is 0 Å². The van der Waals surface area contributed by atoms with Crippen LogP contribution in [0.25, 0.3) is 0 Å². The lowest BCUT2D eigenvalue weighted by molar-refractivity contribution is 0.0357. The molecule has 5 nitrogen and oxygen atoms in total. The molecule has 1 rings (SSSR count). The molecule has 0 aromatic carbocycles. The Hall–Kier alpha value is -1.33. The minimum Gasteiger partial charge on any atom is -0.388 e. The van der Waals surface area contributed by atoms with Crippen LogP contribution in [0.5, 0.6) is 0 Å². The van der Waals surface area contributed by atoms with E-state index >= 15 is 0 Å². The second kappa shape index (κ2) is 6.42. The molecule has 1 atom stereocenters. The Morgan fingerprint density at radius 3 is 2.76 bits per heavy atom. The van der Waals surface area contributed by atoms with Gasteiger partial charge in [-0.2, -0.15) is 0 Å². The fourth-order valence-electron chi connectivity index (χ4n) is 1.38. The maximum Gasteiger partial charge on any atom is 0.0813 e. The average Bonchev–Trinajstić information content (AvgIpc) is 2.34. The second-order valence-electron chi connectivity index (χ2n) is 4.31. The normalized spacial score (nSPS) is 14.1. The molecule has 0 saturated heterocycles. The molecule has 0 spiro atoms. The molecule has 0 fully saturated rings. The van der Waals surface area contributed by atoms with Gasteiger partial charge in [-0.25, -0.2) is 0 Å². The number of hydrogen-bond donors (Lipinski definition) is 3. The van der Waals surface area contributed by atoms with Gasteiger partial charge in [0.05, 0.1) is 29.4 Å². The lowest BCUT2D eigenvalue weighted by Crippen LogP contribution is -2.34. The minimum absolute atomic E-state index is 0.463. The zero-order chi connectivity index (χ0) is 12.7. The number of ether oxygens (including phenoxy) is 1. The second-order valence-corrected chi connectivity index (χ2v) is 4.31. The van der Waals surface area contributed by atoms with Crippen molar-refractivity contribution in [2.45, 2.75) is 18.9 Å². The highest BCUT2D eigenvalue weighted by atomic mass is 16.5. The third-order valence-electron chi connectivity index (χ3n) is 2.55. The van der Waals surface area contributed by atoms with Crippen LogP contribution >= 0.6 is 0 Å². The van der Waals surface area contributed by atoms with Crippen molar-refractivity contribution in [2.24, 2.45) is 0 Å². The van der Waals surface area contributed by atoms with E-state index in [0.717, 1.165) is 11.4 Å². The van der Waals surface area contributed by atoms with Crippen molar-refractivity contribution >= 4 is 11.4 Å². The number of nitrogens with zero attached hydrogens (tertiary/aromatic N) is 1. The van der Waals surface area contributed by atoms with Crippen molar-refractivity contribution in [1.82, 2.24) is 4.98 Å². The van der Waals surface area contributed by atoms with Crippen molar-refractivity contribution in [1.29, 1.82) is 0 Å². The van der Waals surface area contributed by atoms with E-state index in [2.05, 4.69) is 15.6 Å². The van der Waals surface area contributed by atoms with Crippen molar-refractivity contribution in [3.05, 3.63) is 18.5 Å². The molecule has 1 unspecified atom stereocenters. The summed E-state index contributed by atoms with van der Waals surface area (Å²) in [4.78, 5) is 4.09. The summed E-state index contributed by atoms with van der Waals surface area (Å²) in [7, 11) is 3.47. The quantitative estimate of drug-likeness (QED) is 0.669. The molecule has 3 N–H and O–H groups in total. The summed E-state index contributed by atoms with van der Waals surface area (Å²) >= 11 is 0. The van der Waals surface area contributed by atoms with Crippen LogP contribution < -0.4 is 10.6 Å². The Bertz CT molecular complexity index is 342. The first-order valence-corrected chi connectivity index (χ1v) is 5.65. The number of rotatable bonds is 7. The number of pyridine rings is 1. The number of aromatic nitrogens is 1. The van der Waals surface area contributed by atoms with Gasteiger partial charge < -0.3 is 20.5 Å². The zero-order valence-corrected chi connectivity index (χ0v) is 10.7. The minimum atomic E-state index is -0.786. The number of hydrogen-bond acceptors (Lipinski definition) is 5. The van der Waals surface area contributed by atoms with Crippen LogP contribution in [0, 0.1) is 0 Å². The van der Waals surface area contributed by atoms with Crippen molar-refractivity contribution in [2.75, 3.05) is 37.9 Å². The van der Waals surface area contributed by atoms with Crippen LogP contribution in [-0.2, 0) is 4.74 Å². The third-order valence-corrected chi connectivity index (χ3v) is 2.55. The maximum absolute atomic E-state index is 10.1. The number of nitrogens with one attached hydrogen (secondary N) is 2. The Labute approximate surface area is 102 Å². The van der Waals surface area contributed by atoms with Crippen molar-refractivity contribution in [3.63, 3.8) is 0 Å². The highest BCUT2D eigenvalue weighted by molar-refractivity contribution is 5.53. The van der Waals surface area contributed by atoms with Gasteiger partial charge in [0.25, 0.3) is 0 Å². The molecule has 96 valence electrons. The lowest BCUT2D eigenvalue weighted by Gasteiger charge is -2.23. The predicted octanol–water partition coefficient (Wildman–Crippen LogP) is 1.32. The fourth-order valence-corrected chi connectivity index (χ4v) is 1.38. The first kappa shape index (κ1) is 13.7. The predicted molar refractivity (Wildman–Crippen MR) is 69.4 cm³/mol. The van der Waals surface area contributed by atoms with Gasteiger partial charge in [0, 0.05) is 33.7 Å². The summed E-state index contributed by atoms with van der Waals surface area (Å²) in [6.07, 6.45) is 4.07. The molecule has 1 aromatic rings. The van der Waals surface area contributed by atoms with Crippen LogP contribution in [0.2, 0.25) is 0 Å². The molecule has 0 aliphatic heterocycles. The Morgan fingerprint density at radius 1 is 1.41 bits per heavy atom. The van der Waals surface area contributed by atoms with Crippen molar-refractivity contribution < 1.29 is 9.84 Å². The number of aliphatic hydroxyl groups is 1. The van der Waals surface area contributed by atoms with Gasteiger partial charge in [-0.3, -0.25) is 4.98 Å². The third kappa shape index (κ3) is 5.01. The van der Waals surface area contributed by atoms with Crippen LogP contribution in [-0.4, -0.2) is 43.0 Å². The van der Waals surface area contributed by atoms with Gasteiger partial charge in [0.15, 0.2) is 0 Å².